The van der Waals surface area contributed by atoms with E-state index in [-0.39, 0.29) is 0 Å². The molecular formula is C16H13NO3. The molecule has 4 nitrogen and oxygen atoms in total. The molecule has 0 bridgehead atoms. The quantitative estimate of drug-likeness (QED) is 0.631. The summed E-state index contributed by atoms with van der Waals surface area (Å²) in [5, 5.41) is 8.70. The standard InChI is InChI=1S/C16H13NO3/c1-12(16(18)20-14-5-3-2-4-6-14)19-15-9-7-13(11-17)8-10-15/h2-10,12H,1H3/t12-/m1/s1. The van der Waals surface area contributed by atoms with Crippen molar-refractivity contribution in [2.24, 2.45) is 0 Å². The van der Waals surface area contributed by atoms with Crippen molar-refractivity contribution in [1.82, 2.24) is 0 Å². The summed E-state index contributed by atoms with van der Waals surface area (Å²) in [6, 6.07) is 17.4. The van der Waals surface area contributed by atoms with Crippen LogP contribution >= 0.6 is 0 Å². The maximum atomic E-state index is 11.8. The molecule has 2 aromatic rings. The van der Waals surface area contributed by atoms with Gasteiger partial charge in [-0.2, -0.15) is 5.26 Å². The molecule has 0 radical (unpaired) electrons. The second-order valence-corrected chi connectivity index (χ2v) is 4.13. The Morgan fingerprint density at radius 3 is 2.30 bits per heavy atom. The Morgan fingerprint density at radius 1 is 1.05 bits per heavy atom. The second kappa shape index (κ2) is 6.39. The molecule has 4 heteroatoms. The van der Waals surface area contributed by atoms with E-state index in [9.17, 15) is 4.79 Å². The fourth-order valence-corrected chi connectivity index (χ4v) is 1.55. The molecule has 0 saturated heterocycles. The summed E-state index contributed by atoms with van der Waals surface area (Å²) in [6.45, 7) is 1.61. The van der Waals surface area contributed by atoms with Crippen molar-refractivity contribution in [2.45, 2.75) is 13.0 Å². The third-order valence-corrected chi connectivity index (χ3v) is 2.59. The average molecular weight is 267 g/mol. The molecule has 0 saturated carbocycles. The molecule has 2 rings (SSSR count). The first-order valence-electron chi connectivity index (χ1n) is 6.12. The van der Waals surface area contributed by atoms with Crippen molar-refractivity contribution in [3.63, 3.8) is 0 Å². The molecule has 0 fully saturated rings. The van der Waals surface area contributed by atoms with E-state index in [1.165, 1.54) is 0 Å². The maximum Gasteiger partial charge on any atom is 0.352 e. The minimum Gasteiger partial charge on any atom is -0.479 e. The number of ether oxygens (including phenoxy) is 2. The van der Waals surface area contributed by atoms with Gasteiger partial charge in [0.15, 0.2) is 6.10 Å². The molecule has 0 aliphatic heterocycles. The summed E-state index contributed by atoms with van der Waals surface area (Å²) in [5.41, 5.74) is 0.539. The lowest BCUT2D eigenvalue weighted by Crippen LogP contribution is -2.28. The van der Waals surface area contributed by atoms with E-state index in [1.807, 2.05) is 12.1 Å². The highest BCUT2D eigenvalue weighted by molar-refractivity contribution is 5.77. The Hall–Kier alpha value is -2.80. The Bertz CT molecular complexity index is 614. The average Bonchev–Trinajstić information content (AvgIpc) is 2.49. The first-order valence-corrected chi connectivity index (χ1v) is 6.12. The zero-order valence-electron chi connectivity index (χ0n) is 10.9. The van der Waals surface area contributed by atoms with Gasteiger partial charge in [-0.25, -0.2) is 4.79 Å². The van der Waals surface area contributed by atoms with Gasteiger partial charge < -0.3 is 9.47 Å². The predicted molar refractivity (Wildman–Crippen MR) is 73.3 cm³/mol. The van der Waals surface area contributed by atoms with Crippen molar-refractivity contribution in [3.05, 3.63) is 60.2 Å². The second-order valence-electron chi connectivity index (χ2n) is 4.13. The zero-order chi connectivity index (χ0) is 14.4. The van der Waals surface area contributed by atoms with Gasteiger partial charge in [-0.05, 0) is 43.3 Å². The molecule has 0 aliphatic rings. The van der Waals surface area contributed by atoms with Crippen molar-refractivity contribution in [1.29, 1.82) is 5.26 Å². The molecular weight excluding hydrogens is 254 g/mol. The predicted octanol–water partition coefficient (Wildman–Crippen LogP) is 2.93. The molecule has 1 atom stereocenters. The van der Waals surface area contributed by atoms with Crippen LogP contribution in [-0.4, -0.2) is 12.1 Å². The Morgan fingerprint density at radius 2 is 1.70 bits per heavy atom. The molecule has 0 heterocycles. The summed E-state index contributed by atoms with van der Waals surface area (Å²) in [4.78, 5) is 11.8. The first-order chi connectivity index (χ1) is 9.69. The van der Waals surface area contributed by atoms with Crippen molar-refractivity contribution in [2.75, 3.05) is 0 Å². The monoisotopic (exact) mass is 267 g/mol. The summed E-state index contributed by atoms with van der Waals surface area (Å²) in [7, 11) is 0. The molecule has 0 spiro atoms. The fraction of sp³-hybridized carbons (Fsp3) is 0.125. The zero-order valence-corrected chi connectivity index (χ0v) is 10.9. The van der Waals surface area contributed by atoms with Gasteiger partial charge in [0, 0.05) is 0 Å². The van der Waals surface area contributed by atoms with E-state index in [0.29, 0.717) is 17.1 Å². The van der Waals surface area contributed by atoms with Crippen LogP contribution in [0.25, 0.3) is 0 Å². The van der Waals surface area contributed by atoms with Gasteiger partial charge in [-0.1, -0.05) is 18.2 Å². The number of rotatable bonds is 4. The van der Waals surface area contributed by atoms with E-state index < -0.39 is 12.1 Å². The van der Waals surface area contributed by atoms with Crippen LogP contribution in [0.3, 0.4) is 0 Å². The third-order valence-electron chi connectivity index (χ3n) is 2.59. The summed E-state index contributed by atoms with van der Waals surface area (Å²) < 4.78 is 10.6. The number of carbonyl (C=O) groups excluding carboxylic acids is 1. The molecule has 0 aromatic heterocycles. The summed E-state index contributed by atoms with van der Waals surface area (Å²) >= 11 is 0. The summed E-state index contributed by atoms with van der Waals surface area (Å²) in [5.74, 6) is 0.523. The van der Waals surface area contributed by atoms with Gasteiger partial charge in [-0.15, -0.1) is 0 Å². The molecule has 0 unspecified atom stereocenters. The van der Waals surface area contributed by atoms with E-state index in [2.05, 4.69) is 0 Å². The Labute approximate surface area is 117 Å². The molecule has 0 N–H and O–H groups in total. The fourth-order valence-electron chi connectivity index (χ4n) is 1.55. The van der Waals surface area contributed by atoms with Gasteiger partial charge in [0.2, 0.25) is 0 Å². The normalized spacial score (nSPS) is 11.2. The van der Waals surface area contributed by atoms with Gasteiger partial charge >= 0.3 is 5.97 Å². The number of hydrogen-bond donors (Lipinski definition) is 0. The number of para-hydroxylation sites is 1. The van der Waals surface area contributed by atoms with Crippen LogP contribution in [0.1, 0.15) is 12.5 Å². The lowest BCUT2D eigenvalue weighted by Gasteiger charge is -2.13. The van der Waals surface area contributed by atoms with Crippen LogP contribution in [0.15, 0.2) is 54.6 Å². The molecule has 0 amide bonds. The SMILES string of the molecule is C[C@@H](Oc1ccc(C#N)cc1)C(=O)Oc1ccccc1. The largest absolute Gasteiger partial charge is 0.479 e. The van der Waals surface area contributed by atoms with Crippen molar-refractivity contribution < 1.29 is 14.3 Å². The van der Waals surface area contributed by atoms with E-state index >= 15 is 0 Å². The number of nitrogens with zero attached hydrogens (tertiary/aromatic N) is 1. The van der Waals surface area contributed by atoms with E-state index in [0.717, 1.165) is 0 Å². The van der Waals surface area contributed by atoms with Crippen LogP contribution in [0, 0.1) is 11.3 Å². The maximum absolute atomic E-state index is 11.8. The summed E-state index contributed by atoms with van der Waals surface area (Å²) in [6.07, 6.45) is -0.733. The van der Waals surface area contributed by atoms with Crippen LogP contribution in [0.5, 0.6) is 11.5 Å². The first kappa shape index (κ1) is 13.6. The van der Waals surface area contributed by atoms with Crippen molar-refractivity contribution in [3.8, 4) is 17.6 Å². The number of benzene rings is 2. The van der Waals surface area contributed by atoms with Gasteiger partial charge in [0.25, 0.3) is 0 Å². The molecule has 0 aliphatic carbocycles. The number of nitriles is 1. The van der Waals surface area contributed by atoms with Crippen LogP contribution in [0.4, 0.5) is 0 Å². The lowest BCUT2D eigenvalue weighted by molar-refractivity contribution is -0.141. The highest BCUT2D eigenvalue weighted by Crippen LogP contribution is 2.15. The number of hydrogen-bond acceptors (Lipinski definition) is 4. The van der Waals surface area contributed by atoms with E-state index in [4.69, 9.17) is 14.7 Å². The Balaban J connectivity index is 1.95. The minimum atomic E-state index is -0.733. The van der Waals surface area contributed by atoms with Crippen molar-refractivity contribution >= 4 is 5.97 Å². The molecule has 2 aromatic carbocycles. The number of esters is 1. The van der Waals surface area contributed by atoms with Crippen LogP contribution in [-0.2, 0) is 4.79 Å². The van der Waals surface area contributed by atoms with Gasteiger partial charge in [-0.3, -0.25) is 0 Å². The van der Waals surface area contributed by atoms with Crippen LogP contribution < -0.4 is 9.47 Å². The third kappa shape index (κ3) is 3.59. The highest BCUT2D eigenvalue weighted by Gasteiger charge is 2.17. The van der Waals surface area contributed by atoms with E-state index in [1.54, 1.807) is 55.5 Å². The molecule has 100 valence electrons. The smallest absolute Gasteiger partial charge is 0.352 e. The lowest BCUT2D eigenvalue weighted by atomic mass is 10.2. The number of carbonyl (C=O) groups is 1. The molecule has 20 heavy (non-hydrogen) atoms. The Kier molecular flexibility index (Phi) is 4.35. The topological polar surface area (TPSA) is 59.3 Å². The minimum absolute atomic E-state index is 0.472. The van der Waals surface area contributed by atoms with Crippen LogP contribution in [0.2, 0.25) is 0 Å². The highest BCUT2D eigenvalue weighted by atomic mass is 16.6. The van der Waals surface area contributed by atoms with Gasteiger partial charge in [0.1, 0.15) is 11.5 Å². The van der Waals surface area contributed by atoms with Gasteiger partial charge in [0.05, 0.1) is 11.6 Å².